The van der Waals surface area contributed by atoms with E-state index in [0.29, 0.717) is 0 Å². The largest absolute Gasteiger partial charge is 0.389 e. The molecule has 2 heteroatoms. The summed E-state index contributed by atoms with van der Waals surface area (Å²) >= 11 is 0. The zero-order valence-electron chi connectivity index (χ0n) is 15.5. The molecule has 130 valence electrons. The van der Waals surface area contributed by atoms with Crippen LogP contribution >= 0.6 is 0 Å². The van der Waals surface area contributed by atoms with Crippen LogP contribution in [0.5, 0.6) is 0 Å². The van der Waals surface area contributed by atoms with Crippen LogP contribution in [0.1, 0.15) is 47.5 Å². The molecule has 24 heavy (non-hydrogen) atoms. The Morgan fingerprint density at radius 2 is 1.71 bits per heavy atom. The lowest BCUT2D eigenvalue weighted by atomic mass is 9.71. The fourth-order valence-electron chi connectivity index (χ4n) is 2.85. The highest BCUT2D eigenvalue weighted by Gasteiger charge is 2.30. The molecule has 0 saturated heterocycles. The van der Waals surface area contributed by atoms with Gasteiger partial charge in [-0.15, -0.1) is 0 Å². The first-order chi connectivity index (χ1) is 11.3. The summed E-state index contributed by atoms with van der Waals surface area (Å²) in [6.45, 7) is 10.6. The summed E-state index contributed by atoms with van der Waals surface area (Å²) < 4.78 is 0. The Kier molecular flexibility index (Phi) is 7.87. The van der Waals surface area contributed by atoms with E-state index >= 15 is 0 Å². The summed E-state index contributed by atoms with van der Waals surface area (Å²) in [5, 5.41) is 10.1. The monoisotopic (exact) mass is 326 g/mol. The lowest BCUT2D eigenvalue weighted by Gasteiger charge is -2.35. The van der Waals surface area contributed by atoms with Crippen molar-refractivity contribution in [2.75, 3.05) is 0 Å². The molecule has 0 spiro atoms. The van der Waals surface area contributed by atoms with E-state index in [-0.39, 0.29) is 11.5 Å². The maximum absolute atomic E-state index is 10.2. The first kappa shape index (κ1) is 20.1. The van der Waals surface area contributed by atoms with Crippen LogP contribution in [0, 0.1) is 5.41 Å². The minimum atomic E-state index is -0.311. The maximum atomic E-state index is 10.2. The topological polar surface area (TPSA) is 37.3 Å². The van der Waals surface area contributed by atoms with Crippen molar-refractivity contribution in [2.24, 2.45) is 5.41 Å². The van der Waals surface area contributed by atoms with Crippen LogP contribution in [-0.2, 0) is 4.79 Å². The van der Waals surface area contributed by atoms with Crippen LogP contribution in [-0.4, -0.2) is 17.5 Å². The number of aliphatic hydroxyl groups is 1. The SMILES string of the molecule is CC(C=CC=C(C)C=CC1=C(C)C(O)CCC1(C)C)=CC=CC=O. The average molecular weight is 326 g/mol. The Hall–Kier alpha value is -1.93. The molecule has 1 unspecified atom stereocenters. The third-order valence-corrected chi connectivity index (χ3v) is 4.48. The summed E-state index contributed by atoms with van der Waals surface area (Å²) in [7, 11) is 0. The Balaban J connectivity index is 2.82. The molecule has 0 fully saturated rings. The second-order valence-electron chi connectivity index (χ2n) is 7.07. The summed E-state index contributed by atoms with van der Waals surface area (Å²) in [6, 6.07) is 0. The molecule has 1 aliphatic rings. The molecule has 0 amide bonds. The van der Waals surface area contributed by atoms with Crippen LogP contribution in [0.4, 0.5) is 0 Å². The van der Waals surface area contributed by atoms with E-state index in [2.05, 4.69) is 39.0 Å². The van der Waals surface area contributed by atoms with Gasteiger partial charge in [0.1, 0.15) is 6.29 Å². The van der Waals surface area contributed by atoms with Crippen molar-refractivity contribution >= 4 is 6.29 Å². The van der Waals surface area contributed by atoms with Crippen LogP contribution in [0.25, 0.3) is 0 Å². The van der Waals surface area contributed by atoms with Crippen molar-refractivity contribution in [2.45, 2.75) is 53.6 Å². The second-order valence-corrected chi connectivity index (χ2v) is 7.07. The zero-order chi connectivity index (χ0) is 18.2. The van der Waals surface area contributed by atoms with Crippen LogP contribution < -0.4 is 0 Å². The number of aldehydes is 1. The van der Waals surface area contributed by atoms with Crippen molar-refractivity contribution in [3.05, 3.63) is 70.9 Å². The van der Waals surface area contributed by atoms with Crippen molar-refractivity contribution in [1.29, 1.82) is 0 Å². The molecule has 0 aromatic carbocycles. The van der Waals surface area contributed by atoms with E-state index in [1.807, 2.05) is 32.1 Å². The van der Waals surface area contributed by atoms with E-state index in [4.69, 9.17) is 0 Å². The molecule has 1 atom stereocenters. The van der Waals surface area contributed by atoms with Gasteiger partial charge < -0.3 is 5.11 Å². The number of carbonyl (C=O) groups is 1. The lowest BCUT2D eigenvalue weighted by Crippen LogP contribution is -2.27. The molecule has 0 aromatic heterocycles. The molecular weight excluding hydrogens is 296 g/mol. The number of carbonyl (C=O) groups excluding carboxylic acids is 1. The Morgan fingerprint density at radius 1 is 1.08 bits per heavy atom. The summed E-state index contributed by atoms with van der Waals surface area (Å²) in [5.74, 6) is 0. The highest BCUT2D eigenvalue weighted by atomic mass is 16.3. The van der Waals surface area contributed by atoms with Gasteiger partial charge in [-0.25, -0.2) is 0 Å². The number of hydrogen-bond acceptors (Lipinski definition) is 2. The molecule has 1 N–H and O–H groups in total. The zero-order valence-corrected chi connectivity index (χ0v) is 15.5. The van der Waals surface area contributed by atoms with Crippen LogP contribution in [0.2, 0.25) is 0 Å². The van der Waals surface area contributed by atoms with Gasteiger partial charge in [0, 0.05) is 0 Å². The summed E-state index contributed by atoms with van der Waals surface area (Å²) in [4.78, 5) is 10.2. The Morgan fingerprint density at radius 3 is 2.38 bits per heavy atom. The smallest absolute Gasteiger partial charge is 0.142 e. The second kappa shape index (κ2) is 9.39. The minimum Gasteiger partial charge on any atom is -0.389 e. The predicted molar refractivity (Wildman–Crippen MR) is 103 cm³/mol. The molecule has 1 rings (SSSR count). The van der Waals surface area contributed by atoms with Gasteiger partial charge in [-0.3, -0.25) is 4.79 Å². The van der Waals surface area contributed by atoms with Crippen molar-refractivity contribution in [1.82, 2.24) is 0 Å². The standard InChI is InChI=1S/C22H30O2/c1-17(9-6-7-16-23)10-8-11-18(2)12-13-20-19(3)21(24)14-15-22(20,4)5/h6-13,16,21,24H,14-15H2,1-5H3. The number of hydrogen-bond donors (Lipinski definition) is 1. The minimum absolute atomic E-state index is 0.111. The Labute approximate surface area is 146 Å². The highest BCUT2D eigenvalue weighted by molar-refractivity contribution is 5.65. The molecule has 0 aromatic rings. The van der Waals surface area contributed by atoms with Gasteiger partial charge in [0.2, 0.25) is 0 Å². The van der Waals surface area contributed by atoms with E-state index < -0.39 is 0 Å². The first-order valence-electron chi connectivity index (χ1n) is 8.49. The van der Waals surface area contributed by atoms with Crippen LogP contribution in [0.15, 0.2) is 70.9 Å². The van der Waals surface area contributed by atoms with E-state index in [1.54, 1.807) is 6.08 Å². The lowest BCUT2D eigenvalue weighted by molar-refractivity contribution is -0.104. The number of aliphatic hydroxyl groups excluding tert-OH is 1. The molecule has 0 radical (unpaired) electrons. The van der Waals surface area contributed by atoms with Gasteiger partial charge in [0.25, 0.3) is 0 Å². The summed E-state index contributed by atoms with van der Waals surface area (Å²) in [5.41, 5.74) is 4.68. The number of rotatable bonds is 6. The quantitative estimate of drug-likeness (QED) is 0.411. The number of allylic oxidation sites excluding steroid dienone is 11. The molecule has 2 nitrogen and oxygen atoms in total. The van der Waals surface area contributed by atoms with Gasteiger partial charge in [0.15, 0.2) is 0 Å². The van der Waals surface area contributed by atoms with E-state index in [0.717, 1.165) is 35.8 Å². The Bertz CT molecular complexity index is 622. The molecule has 0 bridgehead atoms. The molecule has 0 heterocycles. The third kappa shape index (κ3) is 6.29. The van der Waals surface area contributed by atoms with Gasteiger partial charge in [0.05, 0.1) is 6.10 Å². The highest BCUT2D eigenvalue weighted by Crippen LogP contribution is 2.40. The molecular formula is C22H30O2. The fourth-order valence-corrected chi connectivity index (χ4v) is 2.85. The van der Waals surface area contributed by atoms with Gasteiger partial charge in [-0.2, -0.15) is 0 Å². The first-order valence-corrected chi connectivity index (χ1v) is 8.49. The third-order valence-electron chi connectivity index (χ3n) is 4.48. The predicted octanol–water partition coefficient (Wildman–Crippen LogP) is 5.24. The van der Waals surface area contributed by atoms with Crippen molar-refractivity contribution in [3.8, 4) is 0 Å². The fraction of sp³-hybridized carbons (Fsp3) is 0.409. The molecule has 1 aliphatic carbocycles. The van der Waals surface area contributed by atoms with E-state index in [1.165, 1.54) is 11.6 Å². The molecule has 0 aliphatic heterocycles. The summed E-state index contributed by atoms with van der Waals surface area (Å²) in [6.07, 6.45) is 17.7. The van der Waals surface area contributed by atoms with Crippen molar-refractivity contribution in [3.63, 3.8) is 0 Å². The van der Waals surface area contributed by atoms with Gasteiger partial charge in [-0.05, 0) is 56.3 Å². The maximum Gasteiger partial charge on any atom is 0.142 e. The molecule has 0 saturated carbocycles. The van der Waals surface area contributed by atoms with Crippen molar-refractivity contribution < 1.29 is 9.90 Å². The van der Waals surface area contributed by atoms with Gasteiger partial charge >= 0.3 is 0 Å². The normalized spacial score (nSPS) is 23.0. The van der Waals surface area contributed by atoms with Gasteiger partial charge in [-0.1, -0.05) is 67.5 Å². The van der Waals surface area contributed by atoms with E-state index in [9.17, 15) is 9.90 Å². The van der Waals surface area contributed by atoms with Crippen LogP contribution in [0.3, 0.4) is 0 Å². The average Bonchev–Trinajstić information content (AvgIpc) is 2.51.